The Morgan fingerprint density at radius 2 is 1.50 bits per heavy atom. The zero-order valence-corrected chi connectivity index (χ0v) is 13.9. The Bertz CT molecular complexity index is 609. The van der Waals surface area contributed by atoms with Crippen LogP contribution >= 0.6 is 12.4 Å². The van der Waals surface area contributed by atoms with Crippen LogP contribution in [0.4, 0.5) is 0 Å². The Hall–Kier alpha value is -2.91. The summed E-state index contributed by atoms with van der Waals surface area (Å²) in [6, 6.07) is 0. The van der Waals surface area contributed by atoms with E-state index >= 15 is 0 Å². The largest absolute Gasteiger partial charge is 0.478 e. The maximum Gasteiger partial charge on any atom is 0.330 e. The number of aliphatic carboxylic acids is 1. The minimum absolute atomic E-state index is 0. The van der Waals surface area contributed by atoms with E-state index in [-0.39, 0.29) is 18.4 Å². The van der Waals surface area contributed by atoms with Crippen molar-refractivity contribution in [2.75, 3.05) is 14.2 Å². The average Bonchev–Trinajstić information content (AvgIpc) is 3.26. The van der Waals surface area contributed by atoms with Crippen molar-refractivity contribution < 1.29 is 24.5 Å². The smallest absolute Gasteiger partial charge is 0.330 e. The lowest BCUT2D eigenvalue weighted by Crippen LogP contribution is -1.93. The minimum Gasteiger partial charge on any atom is -0.478 e. The molecule has 0 saturated heterocycles. The highest BCUT2D eigenvalue weighted by molar-refractivity contribution is 5.86. The molecule has 2 aromatic heterocycles. The second-order valence-corrected chi connectivity index (χ2v) is 3.54. The Morgan fingerprint density at radius 3 is 1.83 bits per heavy atom. The van der Waals surface area contributed by atoms with E-state index in [4.69, 9.17) is 10.2 Å². The normalized spacial score (nSPS) is 9.29. The van der Waals surface area contributed by atoms with E-state index < -0.39 is 5.97 Å². The first-order valence-electron chi connectivity index (χ1n) is 6.20. The van der Waals surface area contributed by atoms with Gasteiger partial charge in [-0.05, 0) is 12.2 Å². The molecule has 0 radical (unpaired) electrons. The average molecular weight is 359 g/mol. The number of aromatic nitrogens is 4. The van der Waals surface area contributed by atoms with E-state index in [0.29, 0.717) is 5.69 Å². The van der Waals surface area contributed by atoms with Crippen molar-refractivity contribution in [1.29, 1.82) is 0 Å². The minimum atomic E-state index is -0.963. The maximum atomic E-state index is 10.6. The zero-order chi connectivity index (χ0) is 17.5. The number of halogens is 1. The molecular weight excluding hydrogens is 340 g/mol. The van der Waals surface area contributed by atoms with Gasteiger partial charge in [-0.15, -0.1) is 12.4 Å². The highest BCUT2D eigenvalue weighted by Crippen LogP contribution is 1.94. The molecule has 0 aliphatic carbocycles. The van der Waals surface area contributed by atoms with Gasteiger partial charge >= 0.3 is 11.9 Å². The first-order chi connectivity index (χ1) is 11.1. The molecule has 24 heavy (non-hydrogen) atoms. The number of carbonyl (C=O) groups is 2. The Balaban J connectivity index is 0. The molecule has 10 heteroatoms. The van der Waals surface area contributed by atoms with E-state index in [2.05, 4.69) is 24.7 Å². The number of nitrogens with one attached hydrogen (secondary N) is 2. The number of ether oxygens (including phenoxy) is 1. The number of hydrogen-bond acceptors (Lipinski definition) is 6. The Morgan fingerprint density at radius 1 is 1.04 bits per heavy atom. The maximum absolute atomic E-state index is 10.6. The summed E-state index contributed by atoms with van der Waals surface area (Å²) in [6.07, 6.45) is 11.6. The fourth-order valence-electron chi connectivity index (χ4n) is 1.10. The van der Waals surface area contributed by atoms with Gasteiger partial charge in [-0.25, -0.2) is 19.6 Å². The number of H-pyrrole nitrogens is 2. The quantitative estimate of drug-likeness (QED) is 0.474. The highest BCUT2D eigenvalue weighted by Gasteiger charge is 1.91. The molecule has 132 valence electrons. The lowest BCUT2D eigenvalue weighted by Gasteiger charge is -1.87. The molecule has 0 aliphatic rings. The Labute approximate surface area is 144 Å². The van der Waals surface area contributed by atoms with Gasteiger partial charge in [0.2, 0.25) is 0 Å². The van der Waals surface area contributed by atoms with E-state index in [9.17, 15) is 9.59 Å². The van der Waals surface area contributed by atoms with E-state index in [1.165, 1.54) is 31.9 Å². The van der Waals surface area contributed by atoms with Crippen LogP contribution in [0.25, 0.3) is 12.2 Å². The van der Waals surface area contributed by atoms with Gasteiger partial charge in [0.05, 0.1) is 43.5 Å². The number of carboxylic acids is 1. The van der Waals surface area contributed by atoms with Crippen molar-refractivity contribution in [3.8, 4) is 0 Å². The molecule has 0 amide bonds. The Kier molecular flexibility index (Phi) is 14.6. The monoisotopic (exact) mass is 358 g/mol. The van der Waals surface area contributed by atoms with Crippen LogP contribution < -0.4 is 0 Å². The topological polar surface area (TPSA) is 141 Å². The number of methoxy groups -OCH3 is 1. The van der Waals surface area contributed by atoms with Gasteiger partial charge in [-0.2, -0.15) is 0 Å². The molecule has 2 aromatic rings. The standard InChI is InChI=1S/C7H8N2O2.C6H6N2O2.CH4O.ClH/c1-11-7(10)3-2-6-4-8-5-9-6;9-6(10)2-1-5-3-7-4-8-5;1-2;/h2-5H,1H3,(H,8,9);1-4H,(H,7,8)(H,9,10);2H,1H3;1H/b3-2+;2-1+;;. The lowest BCUT2D eigenvalue weighted by atomic mass is 10.4. The number of carboxylic acid groups (broad SMARTS) is 1. The van der Waals surface area contributed by atoms with Crippen LogP contribution in [0.2, 0.25) is 0 Å². The number of aliphatic hydroxyl groups is 1. The van der Waals surface area contributed by atoms with Crippen molar-refractivity contribution in [3.63, 3.8) is 0 Å². The number of hydrogen-bond donors (Lipinski definition) is 4. The number of rotatable bonds is 4. The van der Waals surface area contributed by atoms with Crippen LogP contribution in [0.3, 0.4) is 0 Å². The fraction of sp³-hybridized carbons (Fsp3) is 0.143. The third-order valence-corrected chi connectivity index (χ3v) is 2.04. The van der Waals surface area contributed by atoms with Gasteiger partial charge in [-0.3, -0.25) is 0 Å². The first kappa shape index (κ1) is 23.4. The van der Waals surface area contributed by atoms with E-state index in [0.717, 1.165) is 18.9 Å². The number of esters is 1. The number of nitrogens with zero attached hydrogens (tertiary/aromatic N) is 2. The van der Waals surface area contributed by atoms with Gasteiger partial charge < -0.3 is 24.9 Å². The SMILES string of the molecule is CO.COC(=O)/C=C/c1cnc[nH]1.Cl.O=C(O)/C=C/c1cnc[nH]1. The fourth-order valence-corrected chi connectivity index (χ4v) is 1.10. The molecule has 4 N–H and O–H groups in total. The third-order valence-electron chi connectivity index (χ3n) is 2.04. The third kappa shape index (κ3) is 11.7. The molecule has 0 unspecified atom stereocenters. The number of aromatic amines is 2. The van der Waals surface area contributed by atoms with E-state index in [1.54, 1.807) is 18.5 Å². The van der Waals surface area contributed by atoms with Crippen LogP contribution in [0.15, 0.2) is 37.2 Å². The molecule has 0 aliphatic heterocycles. The summed E-state index contributed by atoms with van der Waals surface area (Å²) in [5.74, 6) is -1.34. The first-order valence-corrected chi connectivity index (χ1v) is 6.20. The summed E-state index contributed by atoms with van der Waals surface area (Å²) < 4.78 is 4.39. The summed E-state index contributed by atoms with van der Waals surface area (Å²) in [5.41, 5.74) is 1.46. The highest BCUT2D eigenvalue weighted by atomic mass is 35.5. The van der Waals surface area contributed by atoms with Crippen molar-refractivity contribution in [1.82, 2.24) is 19.9 Å². The summed E-state index contributed by atoms with van der Waals surface area (Å²) in [7, 11) is 2.33. The van der Waals surface area contributed by atoms with Gasteiger partial charge in [0.15, 0.2) is 0 Å². The van der Waals surface area contributed by atoms with Crippen molar-refractivity contribution in [3.05, 3.63) is 48.6 Å². The van der Waals surface area contributed by atoms with Crippen LogP contribution in [0, 0.1) is 0 Å². The second kappa shape index (κ2) is 15.0. The van der Waals surface area contributed by atoms with Gasteiger partial charge in [0.25, 0.3) is 0 Å². The molecule has 0 aromatic carbocycles. The number of imidazole rings is 2. The number of aliphatic hydroxyl groups excluding tert-OH is 1. The molecule has 9 nitrogen and oxygen atoms in total. The molecule has 0 saturated carbocycles. The molecule has 0 bridgehead atoms. The molecule has 0 spiro atoms. The summed E-state index contributed by atoms with van der Waals surface area (Å²) >= 11 is 0. The van der Waals surface area contributed by atoms with Crippen LogP contribution in [-0.2, 0) is 14.3 Å². The second-order valence-electron chi connectivity index (χ2n) is 3.54. The summed E-state index contributed by atoms with van der Waals surface area (Å²) in [5, 5.41) is 15.2. The zero-order valence-electron chi connectivity index (χ0n) is 13.0. The van der Waals surface area contributed by atoms with Crippen LogP contribution in [0.1, 0.15) is 11.4 Å². The molecule has 0 fully saturated rings. The lowest BCUT2D eigenvalue weighted by molar-refractivity contribution is -0.135. The molecule has 2 heterocycles. The van der Waals surface area contributed by atoms with Crippen LogP contribution in [-0.4, -0.2) is 56.3 Å². The van der Waals surface area contributed by atoms with Crippen molar-refractivity contribution >= 4 is 36.5 Å². The van der Waals surface area contributed by atoms with Crippen LogP contribution in [0.5, 0.6) is 0 Å². The molecule has 2 rings (SSSR count). The van der Waals surface area contributed by atoms with Crippen molar-refractivity contribution in [2.45, 2.75) is 0 Å². The summed E-state index contributed by atoms with van der Waals surface area (Å²) in [4.78, 5) is 33.5. The van der Waals surface area contributed by atoms with Gasteiger partial charge in [-0.1, -0.05) is 0 Å². The van der Waals surface area contributed by atoms with E-state index in [1.807, 2.05) is 0 Å². The van der Waals surface area contributed by atoms with Gasteiger partial charge in [0.1, 0.15) is 0 Å². The van der Waals surface area contributed by atoms with Crippen molar-refractivity contribution in [2.24, 2.45) is 0 Å². The molecule has 0 atom stereocenters. The predicted octanol–water partition coefficient (Wildman–Crippen LogP) is 1.13. The summed E-state index contributed by atoms with van der Waals surface area (Å²) in [6.45, 7) is 0. The number of carbonyl (C=O) groups excluding carboxylic acids is 1. The molecular formula is C14H19ClN4O5. The van der Waals surface area contributed by atoms with Gasteiger partial charge in [0, 0.05) is 19.3 Å². The predicted molar refractivity (Wildman–Crippen MR) is 90.3 cm³/mol.